The molecule has 3 atom stereocenters. The largest absolute Gasteiger partial charge is 0.573 e. The van der Waals surface area contributed by atoms with Gasteiger partial charge in [-0.3, -0.25) is 4.79 Å². The van der Waals surface area contributed by atoms with Gasteiger partial charge in [-0.25, -0.2) is 9.78 Å². The van der Waals surface area contributed by atoms with E-state index in [0.29, 0.717) is 35.9 Å². The van der Waals surface area contributed by atoms with Gasteiger partial charge in [0, 0.05) is 35.9 Å². The Balaban J connectivity index is 1.08. The summed E-state index contributed by atoms with van der Waals surface area (Å²) < 4.78 is 54.0. The number of carbonyl (C=O) groups excluding carboxylic acids is 2. The summed E-state index contributed by atoms with van der Waals surface area (Å²) in [5.74, 6) is 1.84. The third-order valence-corrected chi connectivity index (χ3v) is 6.59. The average molecular weight is 526 g/mol. The van der Waals surface area contributed by atoms with Crippen molar-refractivity contribution in [1.82, 2.24) is 15.6 Å². The van der Waals surface area contributed by atoms with E-state index in [1.54, 1.807) is 30.5 Å². The highest BCUT2D eigenvalue weighted by molar-refractivity contribution is 5.93. The second-order valence-corrected chi connectivity index (χ2v) is 9.10. The predicted molar refractivity (Wildman–Crippen MR) is 127 cm³/mol. The normalized spacial score (nSPS) is 20.7. The van der Waals surface area contributed by atoms with Crippen LogP contribution in [0.25, 0.3) is 0 Å². The van der Waals surface area contributed by atoms with Crippen molar-refractivity contribution in [2.24, 2.45) is 0 Å². The molecule has 0 spiro atoms. The number of pyridine rings is 1. The molecule has 1 fully saturated rings. The number of ether oxygens (including phenoxy) is 3. The number of benzene rings is 2. The smallest absolute Gasteiger partial charge is 0.487 e. The van der Waals surface area contributed by atoms with Gasteiger partial charge < -0.3 is 30.2 Å². The molecule has 2 aromatic carbocycles. The third kappa shape index (κ3) is 4.76. The van der Waals surface area contributed by atoms with E-state index in [1.165, 1.54) is 18.2 Å². The minimum absolute atomic E-state index is 0.0780. The van der Waals surface area contributed by atoms with E-state index >= 15 is 0 Å². The molecule has 12 heteroatoms. The van der Waals surface area contributed by atoms with Crippen LogP contribution in [0, 0.1) is 0 Å². The van der Waals surface area contributed by atoms with Gasteiger partial charge >= 0.3 is 12.4 Å². The topological polar surface area (TPSA) is 111 Å². The number of halogens is 3. The molecule has 0 radical (unpaired) electrons. The molecule has 196 valence electrons. The molecule has 2 aliphatic heterocycles. The number of anilines is 1. The highest BCUT2D eigenvalue weighted by Gasteiger charge is 2.59. The van der Waals surface area contributed by atoms with E-state index < -0.39 is 12.4 Å². The molecule has 1 aromatic heterocycles. The highest BCUT2D eigenvalue weighted by Crippen LogP contribution is 2.54. The van der Waals surface area contributed by atoms with Crippen LogP contribution in [0.2, 0.25) is 0 Å². The zero-order valence-corrected chi connectivity index (χ0v) is 19.7. The molecule has 1 aliphatic carbocycles. The zero-order chi connectivity index (χ0) is 26.4. The number of hydrogen-bond acceptors (Lipinski definition) is 6. The van der Waals surface area contributed by atoms with E-state index in [0.717, 1.165) is 11.1 Å². The van der Waals surface area contributed by atoms with Crippen molar-refractivity contribution in [3.8, 4) is 23.0 Å². The Kier molecular flexibility index (Phi) is 5.73. The van der Waals surface area contributed by atoms with Gasteiger partial charge in [-0.15, -0.1) is 13.2 Å². The number of rotatable bonds is 6. The Labute approximate surface area is 214 Å². The molecule has 0 unspecified atom stereocenters. The van der Waals surface area contributed by atoms with Crippen molar-refractivity contribution >= 4 is 17.8 Å². The first-order chi connectivity index (χ1) is 18.2. The fourth-order valence-corrected chi connectivity index (χ4v) is 4.81. The Bertz CT molecular complexity index is 1430. The van der Waals surface area contributed by atoms with Crippen LogP contribution in [-0.2, 0) is 17.8 Å². The van der Waals surface area contributed by atoms with Crippen LogP contribution in [0.4, 0.5) is 23.8 Å². The lowest BCUT2D eigenvalue weighted by atomic mass is 10.1. The Morgan fingerprint density at radius 3 is 2.82 bits per heavy atom. The van der Waals surface area contributed by atoms with Gasteiger partial charge in [0.25, 0.3) is 0 Å². The van der Waals surface area contributed by atoms with Crippen LogP contribution < -0.4 is 30.2 Å². The summed E-state index contributed by atoms with van der Waals surface area (Å²) in [7, 11) is 0. The second-order valence-electron chi connectivity index (χ2n) is 9.10. The van der Waals surface area contributed by atoms with Crippen molar-refractivity contribution in [2.75, 3.05) is 5.32 Å². The van der Waals surface area contributed by atoms with E-state index in [4.69, 9.17) is 9.47 Å². The minimum Gasteiger partial charge on any atom is -0.487 e. The number of amides is 3. The van der Waals surface area contributed by atoms with Gasteiger partial charge in [0.05, 0.1) is 12.0 Å². The van der Waals surface area contributed by atoms with Crippen molar-refractivity contribution in [3.05, 3.63) is 71.4 Å². The molecule has 3 amide bonds. The summed E-state index contributed by atoms with van der Waals surface area (Å²) in [6.45, 7) is -0.147. The summed E-state index contributed by atoms with van der Waals surface area (Å²) in [5.41, 5.74) is 1.90. The fraction of sp³-hybridized carbons (Fsp3) is 0.269. The SMILES string of the molecule is O=C1CCc2c(Oc3ccc4c(c3)[C@H]3[C@@H](NC(=O)NCc5ccccc5OC(F)(F)F)[C@H]3O4)ccnc2N1. The Morgan fingerprint density at radius 2 is 1.97 bits per heavy atom. The first-order valence-electron chi connectivity index (χ1n) is 11.9. The number of alkyl halides is 3. The van der Waals surface area contributed by atoms with Crippen LogP contribution in [0.15, 0.2) is 54.7 Å². The summed E-state index contributed by atoms with van der Waals surface area (Å²) in [6.07, 6.45) is -2.62. The van der Waals surface area contributed by atoms with Crippen molar-refractivity contribution in [2.45, 2.75) is 43.8 Å². The molecule has 1 saturated carbocycles. The van der Waals surface area contributed by atoms with Crippen molar-refractivity contribution in [1.29, 1.82) is 0 Å². The van der Waals surface area contributed by atoms with Gasteiger partial charge in [0.1, 0.15) is 34.9 Å². The number of para-hydroxylation sites is 1. The number of fused-ring (bicyclic) bond motifs is 4. The maximum absolute atomic E-state index is 12.6. The molecule has 3 aliphatic rings. The van der Waals surface area contributed by atoms with Gasteiger partial charge in [0.2, 0.25) is 5.91 Å². The Morgan fingerprint density at radius 1 is 1.13 bits per heavy atom. The van der Waals surface area contributed by atoms with Crippen LogP contribution >= 0.6 is 0 Å². The van der Waals surface area contributed by atoms with Gasteiger partial charge in [-0.05, 0) is 36.8 Å². The highest BCUT2D eigenvalue weighted by atomic mass is 19.4. The van der Waals surface area contributed by atoms with Crippen molar-refractivity contribution in [3.63, 3.8) is 0 Å². The molecule has 0 bridgehead atoms. The summed E-state index contributed by atoms with van der Waals surface area (Å²) in [4.78, 5) is 28.3. The molecule has 0 saturated heterocycles. The molecule has 3 heterocycles. The second kappa shape index (κ2) is 9.12. The lowest BCUT2D eigenvalue weighted by Crippen LogP contribution is -2.38. The molecule has 3 aromatic rings. The minimum atomic E-state index is -4.83. The molecule has 6 rings (SSSR count). The lowest BCUT2D eigenvalue weighted by molar-refractivity contribution is -0.274. The summed E-state index contributed by atoms with van der Waals surface area (Å²) in [6, 6.07) is 12.0. The summed E-state index contributed by atoms with van der Waals surface area (Å²) in [5, 5.41) is 8.14. The number of carbonyl (C=O) groups is 2. The number of aromatic nitrogens is 1. The maximum Gasteiger partial charge on any atom is 0.573 e. The number of hydrogen-bond donors (Lipinski definition) is 3. The van der Waals surface area contributed by atoms with E-state index in [2.05, 4.69) is 25.7 Å². The third-order valence-electron chi connectivity index (χ3n) is 6.59. The van der Waals surface area contributed by atoms with E-state index in [1.807, 2.05) is 6.07 Å². The monoisotopic (exact) mass is 526 g/mol. The first kappa shape index (κ1) is 23.9. The van der Waals surface area contributed by atoms with Gasteiger partial charge in [-0.1, -0.05) is 18.2 Å². The van der Waals surface area contributed by atoms with Gasteiger partial charge in [0.15, 0.2) is 0 Å². The average Bonchev–Trinajstić information content (AvgIpc) is 3.38. The number of urea groups is 1. The standard InChI is InChI=1S/C26H21F3N4O5/c27-26(28,29)38-17-4-2-1-3-13(17)12-31-25(35)33-22-21-16-11-14(5-7-18(16)37-23(21)22)36-19-9-10-30-24-15(19)6-8-20(34)32-24/h1-5,7,9-11,21-23H,6,8,12H2,(H,30,32,34)(H2,31,33,35)/t21-,22+,23-/m0/s1. The van der Waals surface area contributed by atoms with Gasteiger partial charge in [-0.2, -0.15) is 0 Å². The van der Waals surface area contributed by atoms with Crippen LogP contribution in [0.3, 0.4) is 0 Å². The fourth-order valence-electron chi connectivity index (χ4n) is 4.81. The van der Waals surface area contributed by atoms with Crippen LogP contribution in [-0.4, -0.2) is 35.4 Å². The predicted octanol–water partition coefficient (Wildman–Crippen LogP) is 4.38. The maximum atomic E-state index is 12.6. The molecular weight excluding hydrogens is 505 g/mol. The number of nitrogens with zero attached hydrogens (tertiary/aromatic N) is 1. The van der Waals surface area contributed by atoms with E-state index in [9.17, 15) is 22.8 Å². The zero-order valence-electron chi connectivity index (χ0n) is 19.7. The Hall–Kier alpha value is -4.48. The van der Waals surface area contributed by atoms with E-state index in [-0.39, 0.29) is 41.8 Å². The summed E-state index contributed by atoms with van der Waals surface area (Å²) >= 11 is 0. The first-order valence-corrected chi connectivity index (χ1v) is 11.9. The van der Waals surface area contributed by atoms with Crippen LogP contribution in [0.5, 0.6) is 23.0 Å². The van der Waals surface area contributed by atoms with Crippen molar-refractivity contribution < 1.29 is 37.0 Å². The molecule has 38 heavy (non-hydrogen) atoms. The quantitative estimate of drug-likeness (QED) is 0.440. The lowest BCUT2D eigenvalue weighted by Gasteiger charge is -2.19. The molecule has 3 N–H and O–H groups in total. The molecular formula is C26H21F3N4O5. The molecule has 9 nitrogen and oxygen atoms in total. The van der Waals surface area contributed by atoms with Crippen LogP contribution in [0.1, 0.15) is 29.0 Å². The number of nitrogens with one attached hydrogen (secondary N) is 3.